The van der Waals surface area contributed by atoms with E-state index in [4.69, 9.17) is 5.11 Å². The van der Waals surface area contributed by atoms with Crippen LogP contribution in [0.1, 0.15) is 0 Å². The first kappa shape index (κ1) is 10.3. The quantitative estimate of drug-likeness (QED) is 0.542. The molecule has 0 saturated heterocycles. The Bertz CT molecular complexity index is 32.9. The smallest absolute Gasteiger partial charge is 0.0558 e. The minimum atomic E-state index is 0. The number of hydrogen-bond acceptors (Lipinski definition) is 2. The van der Waals surface area contributed by atoms with Crippen LogP contribution in [0, 0.1) is 0 Å². The summed E-state index contributed by atoms with van der Waals surface area (Å²) in [6.07, 6.45) is 0. The summed E-state index contributed by atoms with van der Waals surface area (Å²) in [7, 11) is 3.85. The van der Waals surface area contributed by atoms with E-state index in [-0.39, 0.29) is 20.1 Å². The molecule has 0 spiro atoms. The Hall–Kier alpha value is 0.270. The highest BCUT2D eigenvalue weighted by Gasteiger charge is 1.80. The second-order valence-corrected chi connectivity index (χ2v) is 1.53. The zero-order valence-electron chi connectivity index (χ0n) is 4.81. The van der Waals surface area contributed by atoms with Crippen LogP contribution in [0.5, 0.6) is 0 Å². The number of aliphatic hydroxyl groups excluding tert-OH is 1. The second-order valence-electron chi connectivity index (χ2n) is 1.53. The molecule has 0 amide bonds. The molecule has 2 nitrogen and oxygen atoms in total. The van der Waals surface area contributed by atoms with Crippen molar-refractivity contribution in [3.05, 3.63) is 0 Å². The molecule has 0 aliphatic carbocycles. The van der Waals surface area contributed by atoms with Crippen LogP contribution in [0.2, 0.25) is 0 Å². The van der Waals surface area contributed by atoms with Gasteiger partial charge in [0.05, 0.1) is 6.61 Å². The van der Waals surface area contributed by atoms with E-state index in [0.717, 1.165) is 6.54 Å². The van der Waals surface area contributed by atoms with Crippen molar-refractivity contribution in [2.24, 2.45) is 0 Å². The first-order chi connectivity index (χ1) is 2.77. The molecule has 0 aliphatic rings. The maximum Gasteiger partial charge on any atom is 0.0558 e. The van der Waals surface area contributed by atoms with Crippen LogP contribution in [0.4, 0.5) is 0 Å². The highest BCUT2D eigenvalue weighted by Crippen LogP contribution is 1.66. The van der Waals surface area contributed by atoms with Crippen molar-refractivity contribution in [2.45, 2.75) is 0 Å². The third-order valence-corrected chi connectivity index (χ3v) is 0.547. The van der Waals surface area contributed by atoms with Gasteiger partial charge in [-0.25, -0.2) is 0 Å². The molecule has 3 heteroatoms. The minimum Gasteiger partial charge on any atom is -0.395 e. The van der Waals surface area contributed by atoms with E-state index >= 15 is 0 Å². The van der Waals surface area contributed by atoms with Gasteiger partial charge in [-0.3, -0.25) is 0 Å². The van der Waals surface area contributed by atoms with E-state index in [0.29, 0.717) is 0 Å². The SMILES string of the molecule is CN(C)CCO.S. The van der Waals surface area contributed by atoms with Gasteiger partial charge in [0.1, 0.15) is 0 Å². The Balaban J connectivity index is 0. The molecule has 0 rings (SSSR count). The van der Waals surface area contributed by atoms with Crippen molar-refractivity contribution in [1.82, 2.24) is 4.90 Å². The zero-order valence-corrected chi connectivity index (χ0v) is 5.81. The largest absolute Gasteiger partial charge is 0.395 e. The first-order valence-electron chi connectivity index (χ1n) is 2.03. The second kappa shape index (κ2) is 6.27. The van der Waals surface area contributed by atoms with Crippen LogP contribution in [-0.2, 0) is 0 Å². The van der Waals surface area contributed by atoms with E-state index in [1.54, 1.807) is 0 Å². The Morgan fingerprint density at radius 1 is 1.43 bits per heavy atom. The molecular weight excluding hydrogens is 110 g/mol. The summed E-state index contributed by atoms with van der Waals surface area (Å²) in [4.78, 5) is 1.93. The molecule has 0 unspecified atom stereocenters. The van der Waals surface area contributed by atoms with Crippen LogP contribution in [-0.4, -0.2) is 37.3 Å². The first-order valence-corrected chi connectivity index (χ1v) is 2.03. The van der Waals surface area contributed by atoms with Gasteiger partial charge in [-0.05, 0) is 14.1 Å². The zero-order chi connectivity index (χ0) is 4.99. The molecule has 7 heavy (non-hydrogen) atoms. The summed E-state index contributed by atoms with van der Waals surface area (Å²) in [6, 6.07) is 0. The van der Waals surface area contributed by atoms with Gasteiger partial charge in [-0.15, -0.1) is 0 Å². The summed E-state index contributed by atoms with van der Waals surface area (Å²) >= 11 is 0. The molecule has 0 heterocycles. The third kappa shape index (κ3) is 10.7. The molecule has 0 radical (unpaired) electrons. The lowest BCUT2D eigenvalue weighted by molar-refractivity contribution is 0.243. The average Bonchev–Trinajstić information content (AvgIpc) is 1.35. The Morgan fingerprint density at radius 2 is 1.86 bits per heavy atom. The van der Waals surface area contributed by atoms with Crippen LogP contribution < -0.4 is 0 Å². The number of rotatable bonds is 2. The highest BCUT2D eigenvalue weighted by atomic mass is 32.1. The lowest BCUT2D eigenvalue weighted by Gasteiger charge is -2.03. The fourth-order valence-corrected chi connectivity index (χ4v) is 0.200. The van der Waals surface area contributed by atoms with Crippen molar-refractivity contribution < 1.29 is 5.11 Å². The standard InChI is InChI=1S/C4H11NO.H2S/c1-5(2)3-4-6;/h6H,3-4H2,1-2H3;1H2. The lowest BCUT2D eigenvalue weighted by Crippen LogP contribution is -2.15. The van der Waals surface area contributed by atoms with E-state index < -0.39 is 0 Å². The third-order valence-electron chi connectivity index (χ3n) is 0.547. The predicted octanol–water partition coefficient (Wildman–Crippen LogP) is -0.347. The number of likely N-dealkylation sites (N-methyl/N-ethyl adjacent to an activating group) is 1. The van der Waals surface area contributed by atoms with Crippen molar-refractivity contribution in [3.63, 3.8) is 0 Å². The summed E-state index contributed by atoms with van der Waals surface area (Å²) in [5.74, 6) is 0. The summed E-state index contributed by atoms with van der Waals surface area (Å²) in [6.45, 7) is 1.02. The van der Waals surface area contributed by atoms with Crippen molar-refractivity contribution in [1.29, 1.82) is 0 Å². The minimum absolute atomic E-state index is 0. The molecule has 0 aliphatic heterocycles. The van der Waals surface area contributed by atoms with Gasteiger partial charge >= 0.3 is 0 Å². The Labute approximate surface area is 51.6 Å². The summed E-state index contributed by atoms with van der Waals surface area (Å²) in [5.41, 5.74) is 0. The van der Waals surface area contributed by atoms with E-state index in [1.165, 1.54) is 0 Å². The molecule has 0 saturated carbocycles. The molecule has 1 N–H and O–H groups in total. The number of hydrogen-bond donors (Lipinski definition) is 1. The molecule has 0 bridgehead atoms. The van der Waals surface area contributed by atoms with Gasteiger partial charge in [0.15, 0.2) is 0 Å². The maximum absolute atomic E-state index is 8.20. The van der Waals surface area contributed by atoms with Gasteiger partial charge in [0, 0.05) is 6.54 Å². The van der Waals surface area contributed by atoms with Crippen LogP contribution >= 0.6 is 13.5 Å². The molecule has 0 aromatic heterocycles. The molecule has 0 aromatic rings. The van der Waals surface area contributed by atoms with Gasteiger partial charge in [0.25, 0.3) is 0 Å². The monoisotopic (exact) mass is 123 g/mol. The van der Waals surface area contributed by atoms with Crippen LogP contribution in [0.15, 0.2) is 0 Å². The molecule has 0 fully saturated rings. The van der Waals surface area contributed by atoms with Gasteiger partial charge in [0.2, 0.25) is 0 Å². The maximum atomic E-state index is 8.20. The average molecular weight is 123 g/mol. The van der Waals surface area contributed by atoms with Gasteiger partial charge in [-0.1, -0.05) is 0 Å². The number of nitrogens with zero attached hydrogens (tertiary/aromatic N) is 1. The topological polar surface area (TPSA) is 23.5 Å². The molecule has 0 atom stereocenters. The van der Waals surface area contributed by atoms with Crippen molar-refractivity contribution in [2.75, 3.05) is 27.2 Å². The lowest BCUT2D eigenvalue weighted by atomic mass is 10.6. The summed E-state index contributed by atoms with van der Waals surface area (Å²) < 4.78 is 0. The van der Waals surface area contributed by atoms with E-state index in [2.05, 4.69) is 0 Å². The Kier molecular flexibility index (Phi) is 9.22. The van der Waals surface area contributed by atoms with E-state index in [1.807, 2.05) is 19.0 Å². The fourth-order valence-electron chi connectivity index (χ4n) is 0.200. The number of aliphatic hydroxyl groups is 1. The van der Waals surface area contributed by atoms with Gasteiger partial charge in [-0.2, -0.15) is 13.5 Å². The summed E-state index contributed by atoms with van der Waals surface area (Å²) in [5, 5.41) is 8.20. The van der Waals surface area contributed by atoms with Gasteiger partial charge < -0.3 is 10.0 Å². The van der Waals surface area contributed by atoms with Crippen LogP contribution in [0.3, 0.4) is 0 Å². The molecule has 0 aromatic carbocycles. The predicted molar refractivity (Wildman–Crippen MR) is 36.0 cm³/mol. The fraction of sp³-hybridized carbons (Fsp3) is 1.00. The molecule has 46 valence electrons. The van der Waals surface area contributed by atoms with Crippen LogP contribution in [0.25, 0.3) is 0 Å². The van der Waals surface area contributed by atoms with E-state index in [9.17, 15) is 0 Å². The molecular formula is C4H13NOS. The van der Waals surface area contributed by atoms with Crippen molar-refractivity contribution in [3.8, 4) is 0 Å². The normalized spacial score (nSPS) is 8.57. The van der Waals surface area contributed by atoms with Crippen molar-refractivity contribution >= 4 is 13.5 Å². The Morgan fingerprint density at radius 3 is 1.86 bits per heavy atom. The highest BCUT2D eigenvalue weighted by molar-refractivity contribution is 7.59.